The molecule has 2 N–H and O–H groups in total. The van der Waals surface area contributed by atoms with Crippen molar-refractivity contribution >= 4 is 40.2 Å². The number of carbonyl (C=O) groups is 1. The molecular weight excluding hydrogens is 510 g/mol. The quantitative estimate of drug-likeness (QED) is 0.217. The van der Waals surface area contributed by atoms with Crippen molar-refractivity contribution in [3.8, 4) is 5.75 Å². The van der Waals surface area contributed by atoms with Crippen LogP contribution in [-0.2, 0) is 4.79 Å². The summed E-state index contributed by atoms with van der Waals surface area (Å²) in [5.74, 6) is 0.922. The smallest absolute Gasteiger partial charge is 0.303 e. The molecule has 0 spiro atoms. The third-order valence-electron chi connectivity index (χ3n) is 7.33. The molecule has 7 nitrogen and oxygen atoms in total. The highest BCUT2D eigenvalue weighted by molar-refractivity contribution is 7.99. The monoisotopic (exact) mass is 543 g/mol. The molecule has 0 aliphatic carbocycles. The highest BCUT2D eigenvalue weighted by atomic mass is 35.5. The van der Waals surface area contributed by atoms with Crippen molar-refractivity contribution in [2.45, 2.75) is 49.5 Å². The zero-order valence-corrected chi connectivity index (χ0v) is 22.7. The Bertz CT molecular complexity index is 1190. The molecule has 0 unspecified atom stereocenters. The number of hydrogen-bond donors (Lipinski definition) is 2. The van der Waals surface area contributed by atoms with Crippen molar-refractivity contribution in [2.75, 3.05) is 32.5 Å². The molecule has 4 rings (SSSR count). The molecule has 9 heteroatoms. The number of aliphatic hydroxyl groups excluding tert-OH is 1. The Balaban J connectivity index is 1.35. The Morgan fingerprint density at radius 2 is 2.00 bits per heavy atom. The van der Waals surface area contributed by atoms with Gasteiger partial charge in [0.1, 0.15) is 5.75 Å². The molecular formula is C28H34ClN3O4S. The highest BCUT2D eigenvalue weighted by Gasteiger charge is 2.37. The maximum atomic E-state index is 11.8. The first-order valence-electron chi connectivity index (χ1n) is 12.7. The fourth-order valence-corrected chi connectivity index (χ4v) is 6.32. The van der Waals surface area contributed by atoms with Crippen LogP contribution in [0.3, 0.4) is 0 Å². The summed E-state index contributed by atoms with van der Waals surface area (Å²) >= 11 is 8.32. The molecule has 3 heterocycles. The van der Waals surface area contributed by atoms with Crippen molar-refractivity contribution in [3.63, 3.8) is 0 Å². The predicted molar refractivity (Wildman–Crippen MR) is 147 cm³/mol. The number of aromatic nitrogens is 2. The third-order valence-corrected chi connectivity index (χ3v) is 8.73. The summed E-state index contributed by atoms with van der Waals surface area (Å²) in [7, 11) is 1.59. The summed E-state index contributed by atoms with van der Waals surface area (Å²) in [4.78, 5) is 23.9. The van der Waals surface area contributed by atoms with E-state index < -0.39 is 12.1 Å². The van der Waals surface area contributed by atoms with E-state index in [0.29, 0.717) is 29.2 Å². The van der Waals surface area contributed by atoms with E-state index in [0.717, 1.165) is 55.6 Å². The maximum absolute atomic E-state index is 11.8. The van der Waals surface area contributed by atoms with E-state index in [-0.39, 0.29) is 11.8 Å². The normalized spacial score (nSPS) is 16.5. The van der Waals surface area contributed by atoms with Crippen LogP contribution in [0.25, 0.3) is 10.9 Å². The Labute approximate surface area is 227 Å². The molecule has 0 saturated carbocycles. The molecule has 2 aromatic heterocycles. The number of aliphatic carboxylic acids is 1. The Hall–Kier alpha value is -2.39. The van der Waals surface area contributed by atoms with Gasteiger partial charge in [0, 0.05) is 34.4 Å². The van der Waals surface area contributed by atoms with Gasteiger partial charge in [-0.1, -0.05) is 11.6 Å². The minimum Gasteiger partial charge on any atom is -0.497 e. The van der Waals surface area contributed by atoms with Crippen LogP contribution >= 0.6 is 23.4 Å². The Morgan fingerprint density at radius 3 is 2.70 bits per heavy atom. The van der Waals surface area contributed by atoms with E-state index in [9.17, 15) is 15.0 Å². The van der Waals surface area contributed by atoms with E-state index in [1.165, 1.54) is 4.90 Å². The number of piperidine rings is 1. The standard InChI is InChI=1S/C28H34ClN3O4S/c1-36-20-3-4-24-22(17-20)27(23(29)19-31-24)25(33)5-8-28(18-26(34)35)9-14-32(15-10-28)13-2-16-37-21-6-11-30-12-7-21/h3-4,6-7,11-12,17,19,25,33H,2,5,8-10,13-16,18H2,1H3,(H,34,35)/t25-/m1/s1. The second-order valence-corrected chi connectivity index (χ2v) is 11.3. The van der Waals surface area contributed by atoms with Crippen molar-refractivity contribution < 1.29 is 19.7 Å². The first-order valence-corrected chi connectivity index (χ1v) is 14.0. The summed E-state index contributed by atoms with van der Waals surface area (Å²) in [5, 5.41) is 22.0. The van der Waals surface area contributed by atoms with Crippen LogP contribution in [0, 0.1) is 5.41 Å². The first kappa shape index (κ1) is 27.6. The number of carboxylic acid groups (broad SMARTS) is 1. The van der Waals surface area contributed by atoms with Crippen molar-refractivity contribution in [2.24, 2.45) is 5.41 Å². The van der Waals surface area contributed by atoms with Gasteiger partial charge in [-0.15, -0.1) is 11.8 Å². The molecule has 1 atom stereocenters. The predicted octanol–water partition coefficient (Wildman–Crippen LogP) is 5.84. The van der Waals surface area contributed by atoms with Crippen LogP contribution in [-0.4, -0.2) is 63.5 Å². The van der Waals surface area contributed by atoms with Gasteiger partial charge in [0.05, 0.1) is 30.2 Å². The molecule has 0 bridgehead atoms. The number of thioether (sulfide) groups is 1. The minimum absolute atomic E-state index is 0.115. The topological polar surface area (TPSA) is 95.8 Å². The maximum Gasteiger partial charge on any atom is 0.303 e. The average molecular weight is 544 g/mol. The number of likely N-dealkylation sites (tertiary alicyclic amines) is 1. The van der Waals surface area contributed by atoms with E-state index in [4.69, 9.17) is 16.3 Å². The van der Waals surface area contributed by atoms with Crippen LogP contribution in [0.2, 0.25) is 5.02 Å². The summed E-state index contributed by atoms with van der Waals surface area (Å²) in [6, 6.07) is 9.56. The van der Waals surface area contributed by atoms with E-state index in [1.807, 2.05) is 54.5 Å². The molecule has 1 fully saturated rings. The average Bonchev–Trinajstić information content (AvgIpc) is 2.90. The SMILES string of the molecule is COc1ccc2ncc(Cl)c([C@H](O)CCC3(CC(=O)O)CCN(CCCSc4ccncc4)CC3)c2c1. The molecule has 37 heavy (non-hydrogen) atoms. The van der Waals surface area contributed by atoms with E-state index in [1.54, 1.807) is 13.3 Å². The van der Waals surface area contributed by atoms with Gasteiger partial charge < -0.3 is 19.8 Å². The second-order valence-electron chi connectivity index (χ2n) is 9.75. The van der Waals surface area contributed by atoms with Gasteiger partial charge >= 0.3 is 5.97 Å². The lowest BCUT2D eigenvalue weighted by molar-refractivity contribution is -0.141. The molecule has 3 aromatic rings. The number of aliphatic hydroxyl groups is 1. The molecule has 1 aromatic carbocycles. The highest BCUT2D eigenvalue weighted by Crippen LogP contribution is 2.43. The number of rotatable bonds is 12. The van der Waals surface area contributed by atoms with E-state index >= 15 is 0 Å². The zero-order chi connectivity index (χ0) is 26.3. The number of halogens is 1. The van der Waals surface area contributed by atoms with Crippen LogP contribution in [0.4, 0.5) is 0 Å². The van der Waals surface area contributed by atoms with Crippen LogP contribution in [0.1, 0.15) is 50.2 Å². The summed E-state index contributed by atoms with van der Waals surface area (Å²) < 4.78 is 5.35. The molecule has 0 amide bonds. The van der Waals surface area contributed by atoms with Crippen LogP contribution < -0.4 is 4.74 Å². The number of benzene rings is 1. The lowest BCUT2D eigenvalue weighted by atomic mass is 9.71. The molecule has 0 radical (unpaired) electrons. The van der Waals surface area contributed by atoms with Gasteiger partial charge in [0.2, 0.25) is 0 Å². The van der Waals surface area contributed by atoms with Crippen molar-refractivity contribution in [1.82, 2.24) is 14.9 Å². The zero-order valence-electron chi connectivity index (χ0n) is 21.1. The second kappa shape index (κ2) is 12.9. The fraction of sp³-hybridized carbons (Fsp3) is 0.464. The Kier molecular flexibility index (Phi) is 9.65. The fourth-order valence-electron chi connectivity index (χ4n) is 5.22. The number of ether oxygens (including phenoxy) is 1. The number of methoxy groups -OCH3 is 1. The van der Waals surface area contributed by atoms with Crippen LogP contribution in [0.15, 0.2) is 53.8 Å². The van der Waals surface area contributed by atoms with Gasteiger partial charge in [-0.3, -0.25) is 14.8 Å². The lowest BCUT2D eigenvalue weighted by Crippen LogP contribution is -2.41. The largest absolute Gasteiger partial charge is 0.497 e. The number of fused-ring (bicyclic) bond motifs is 1. The number of nitrogens with zero attached hydrogens (tertiary/aromatic N) is 3. The summed E-state index contributed by atoms with van der Waals surface area (Å²) in [5.41, 5.74) is 1.03. The molecule has 198 valence electrons. The van der Waals surface area contributed by atoms with E-state index in [2.05, 4.69) is 14.9 Å². The molecule has 1 aliphatic heterocycles. The number of carboxylic acids is 1. The van der Waals surface area contributed by atoms with Crippen LogP contribution in [0.5, 0.6) is 5.75 Å². The third kappa shape index (κ3) is 7.35. The molecule has 1 saturated heterocycles. The van der Waals surface area contributed by atoms with Gasteiger partial charge in [-0.05, 0) is 93.2 Å². The number of pyridine rings is 2. The molecule has 1 aliphatic rings. The minimum atomic E-state index is -0.820. The van der Waals surface area contributed by atoms with Crippen molar-refractivity contribution in [3.05, 3.63) is 59.5 Å². The Morgan fingerprint density at radius 1 is 1.24 bits per heavy atom. The summed E-state index contributed by atoms with van der Waals surface area (Å²) in [6.07, 6.45) is 8.24. The first-order chi connectivity index (χ1) is 17.9. The summed E-state index contributed by atoms with van der Waals surface area (Å²) in [6.45, 7) is 2.75. The van der Waals surface area contributed by atoms with Gasteiger partial charge in [-0.2, -0.15) is 0 Å². The number of hydrogen-bond acceptors (Lipinski definition) is 7. The van der Waals surface area contributed by atoms with Gasteiger partial charge in [0.15, 0.2) is 0 Å². The van der Waals surface area contributed by atoms with Gasteiger partial charge in [0.25, 0.3) is 0 Å². The lowest BCUT2D eigenvalue weighted by Gasteiger charge is -2.41. The van der Waals surface area contributed by atoms with Gasteiger partial charge in [-0.25, -0.2) is 0 Å². The van der Waals surface area contributed by atoms with Crippen molar-refractivity contribution in [1.29, 1.82) is 0 Å².